The fourth-order valence-electron chi connectivity index (χ4n) is 2.29. The number of anilines is 2. The molecule has 0 atom stereocenters. The van der Waals surface area contributed by atoms with Crippen molar-refractivity contribution in [1.29, 1.82) is 0 Å². The predicted molar refractivity (Wildman–Crippen MR) is 77.0 cm³/mol. The van der Waals surface area contributed by atoms with Crippen LogP contribution in [0.15, 0.2) is 30.3 Å². The minimum absolute atomic E-state index is 0.540. The monoisotopic (exact) mass is 246 g/mol. The molecule has 3 heteroatoms. The second-order valence-corrected chi connectivity index (χ2v) is 4.47. The molecular weight excluding hydrogens is 227 g/mol. The van der Waals surface area contributed by atoms with Crippen LogP contribution in [0.2, 0.25) is 0 Å². The molecule has 0 spiro atoms. The maximum Gasteiger partial charge on any atom is 0.0691 e. The molecule has 2 aromatic rings. The number of nitrogens with zero attached hydrogens (tertiary/aromatic N) is 1. The lowest BCUT2D eigenvalue weighted by molar-refractivity contribution is 0.617. The standard InChI is InChI=1S/C15H19FN2/c1-4-18(5-2)14-7-6-12-10-15(17-16)11(3)8-13(12)9-14/h6-10,17H,4-5H2,1-3H3. The summed E-state index contributed by atoms with van der Waals surface area (Å²) in [5.41, 5.74) is 4.41. The number of hydrogen-bond acceptors (Lipinski definition) is 2. The molecule has 18 heavy (non-hydrogen) atoms. The second-order valence-electron chi connectivity index (χ2n) is 4.47. The maximum atomic E-state index is 12.6. The van der Waals surface area contributed by atoms with Crippen LogP contribution < -0.4 is 10.4 Å². The van der Waals surface area contributed by atoms with Gasteiger partial charge in [0.2, 0.25) is 0 Å². The first kappa shape index (κ1) is 12.7. The number of aryl methyl sites for hydroxylation is 1. The second kappa shape index (κ2) is 5.25. The van der Waals surface area contributed by atoms with Crippen LogP contribution in [0.4, 0.5) is 15.9 Å². The molecule has 0 unspecified atom stereocenters. The summed E-state index contributed by atoms with van der Waals surface area (Å²) in [6.45, 7) is 8.19. The zero-order valence-electron chi connectivity index (χ0n) is 11.1. The van der Waals surface area contributed by atoms with Crippen molar-refractivity contribution < 1.29 is 4.48 Å². The largest absolute Gasteiger partial charge is 0.372 e. The van der Waals surface area contributed by atoms with Crippen molar-refractivity contribution in [2.24, 2.45) is 0 Å². The van der Waals surface area contributed by atoms with Gasteiger partial charge in [-0.1, -0.05) is 6.07 Å². The van der Waals surface area contributed by atoms with E-state index < -0.39 is 0 Å². The summed E-state index contributed by atoms with van der Waals surface area (Å²) < 4.78 is 12.6. The molecule has 0 aliphatic heterocycles. The van der Waals surface area contributed by atoms with Gasteiger partial charge in [-0.3, -0.25) is 0 Å². The Hall–Kier alpha value is -1.77. The van der Waals surface area contributed by atoms with Crippen LogP contribution in [-0.4, -0.2) is 13.1 Å². The molecule has 0 amide bonds. The molecule has 1 N–H and O–H groups in total. The Morgan fingerprint density at radius 2 is 1.78 bits per heavy atom. The quantitative estimate of drug-likeness (QED) is 0.809. The molecule has 96 valence electrons. The summed E-state index contributed by atoms with van der Waals surface area (Å²) in [4.78, 5) is 2.30. The number of rotatable bonds is 4. The van der Waals surface area contributed by atoms with Crippen molar-refractivity contribution in [3.05, 3.63) is 35.9 Å². The smallest absolute Gasteiger partial charge is 0.0691 e. The average Bonchev–Trinajstić information content (AvgIpc) is 2.39. The molecule has 2 aromatic carbocycles. The Labute approximate surface area is 107 Å². The van der Waals surface area contributed by atoms with Crippen LogP contribution in [0.25, 0.3) is 10.8 Å². The van der Waals surface area contributed by atoms with Gasteiger partial charge in [0.05, 0.1) is 5.69 Å². The van der Waals surface area contributed by atoms with E-state index in [-0.39, 0.29) is 0 Å². The summed E-state index contributed by atoms with van der Waals surface area (Å²) in [5, 5.41) is 2.20. The minimum atomic E-state index is 0.540. The summed E-state index contributed by atoms with van der Waals surface area (Å²) >= 11 is 0. The van der Waals surface area contributed by atoms with E-state index in [4.69, 9.17) is 0 Å². The number of nitrogens with one attached hydrogen (secondary N) is 1. The molecule has 0 saturated heterocycles. The SMILES string of the molecule is CCN(CC)c1ccc2cc(NF)c(C)cc2c1. The first-order valence-electron chi connectivity index (χ1n) is 6.35. The summed E-state index contributed by atoms with van der Waals surface area (Å²) in [7, 11) is 0. The first-order valence-corrected chi connectivity index (χ1v) is 6.35. The van der Waals surface area contributed by atoms with Crippen LogP contribution in [0.3, 0.4) is 0 Å². The van der Waals surface area contributed by atoms with Crippen LogP contribution in [0.1, 0.15) is 19.4 Å². The zero-order valence-corrected chi connectivity index (χ0v) is 11.1. The molecule has 2 nitrogen and oxygen atoms in total. The van der Waals surface area contributed by atoms with Crippen LogP contribution in [-0.2, 0) is 0 Å². The van der Waals surface area contributed by atoms with E-state index in [0.29, 0.717) is 5.69 Å². The van der Waals surface area contributed by atoms with Crippen molar-refractivity contribution in [3.63, 3.8) is 0 Å². The lowest BCUT2D eigenvalue weighted by atomic mass is 10.0. The third-order valence-corrected chi connectivity index (χ3v) is 3.40. The molecule has 0 heterocycles. The van der Waals surface area contributed by atoms with Gasteiger partial charge in [-0.05, 0) is 61.4 Å². The molecule has 0 saturated carbocycles. The average molecular weight is 246 g/mol. The van der Waals surface area contributed by atoms with Gasteiger partial charge in [-0.25, -0.2) is 5.54 Å². The Bertz CT molecular complexity index is 547. The van der Waals surface area contributed by atoms with E-state index in [1.165, 1.54) is 5.69 Å². The van der Waals surface area contributed by atoms with Crippen LogP contribution in [0, 0.1) is 6.92 Å². The highest BCUT2D eigenvalue weighted by Crippen LogP contribution is 2.27. The van der Waals surface area contributed by atoms with E-state index in [2.05, 4.69) is 30.9 Å². The molecule has 0 aliphatic carbocycles. The zero-order chi connectivity index (χ0) is 13.1. The van der Waals surface area contributed by atoms with E-state index in [0.717, 1.165) is 29.4 Å². The molecule has 0 radical (unpaired) electrons. The summed E-state index contributed by atoms with van der Waals surface area (Å²) in [6.07, 6.45) is 0. The highest BCUT2D eigenvalue weighted by Gasteiger charge is 2.05. The first-order chi connectivity index (χ1) is 8.69. The van der Waals surface area contributed by atoms with Gasteiger partial charge in [0, 0.05) is 18.8 Å². The number of fused-ring (bicyclic) bond motifs is 1. The Kier molecular flexibility index (Phi) is 3.70. The van der Waals surface area contributed by atoms with Crippen molar-refractivity contribution in [2.75, 3.05) is 23.5 Å². The lowest BCUT2D eigenvalue weighted by Gasteiger charge is -2.21. The fraction of sp³-hybridized carbons (Fsp3) is 0.333. The third kappa shape index (κ3) is 2.26. The lowest BCUT2D eigenvalue weighted by Crippen LogP contribution is -2.21. The topological polar surface area (TPSA) is 15.3 Å². The normalized spacial score (nSPS) is 10.7. The molecule has 0 fully saturated rings. The summed E-state index contributed by atoms with van der Waals surface area (Å²) in [5.74, 6) is 0. The third-order valence-electron chi connectivity index (χ3n) is 3.40. The molecule has 0 aliphatic rings. The highest BCUT2D eigenvalue weighted by atomic mass is 19.2. The van der Waals surface area contributed by atoms with Gasteiger partial charge in [0.25, 0.3) is 0 Å². The van der Waals surface area contributed by atoms with Gasteiger partial charge < -0.3 is 4.90 Å². The molecule has 0 bridgehead atoms. The van der Waals surface area contributed by atoms with Crippen molar-refractivity contribution in [3.8, 4) is 0 Å². The van der Waals surface area contributed by atoms with Crippen molar-refractivity contribution in [1.82, 2.24) is 0 Å². The Balaban J connectivity index is 2.51. The Morgan fingerprint density at radius 1 is 1.06 bits per heavy atom. The van der Waals surface area contributed by atoms with E-state index in [1.54, 1.807) is 5.54 Å². The van der Waals surface area contributed by atoms with Gasteiger partial charge in [-0.15, -0.1) is 4.48 Å². The number of halogens is 1. The molecule has 0 aromatic heterocycles. The maximum absolute atomic E-state index is 12.6. The summed E-state index contributed by atoms with van der Waals surface area (Å²) in [6, 6.07) is 10.2. The van der Waals surface area contributed by atoms with E-state index in [1.807, 2.05) is 25.1 Å². The van der Waals surface area contributed by atoms with Crippen LogP contribution in [0.5, 0.6) is 0 Å². The van der Waals surface area contributed by atoms with Crippen molar-refractivity contribution in [2.45, 2.75) is 20.8 Å². The molecule has 2 rings (SSSR count). The molecular formula is C15H19FN2. The van der Waals surface area contributed by atoms with Gasteiger partial charge >= 0.3 is 0 Å². The minimum Gasteiger partial charge on any atom is -0.372 e. The van der Waals surface area contributed by atoms with Gasteiger partial charge in [-0.2, -0.15) is 0 Å². The van der Waals surface area contributed by atoms with Crippen molar-refractivity contribution >= 4 is 22.1 Å². The predicted octanol–water partition coefficient (Wildman–Crippen LogP) is 4.29. The van der Waals surface area contributed by atoms with Gasteiger partial charge in [0.15, 0.2) is 0 Å². The van der Waals surface area contributed by atoms with Crippen LogP contribution >= 0.6 is 0 Å². The van der Waals surface area contributed by atoms with Gasteiger partial charge in [0.1, 0.15) is 0 Å². The van der Waals surface area contributed by atoms with E-state index >= 15 is 0 Å². The number of benzene rings is 2. The highest BCUT2D eigenvalue weighted by molar-refractivity contribution is 5.89. The fourth-order valence-corrected chi connectivity index (χ4v) is 2.29. The van der Waals surface area contributed by atoms with E-state index in [9.17, 15) is 4.48 Å². The Morgan fingerprint density at radius 3 is 2.39 bits per heavy atom. The number of hydrogen-bond donors (Lipinski definition) is 1.